The molecule has 0 aliphatic rings. The molecule has 0 aliphatic carbocycles. The molecule has 5 N–H and O–H groups in total. The standard InChI is InChI=1S/C12H14F3N5/c1-20-11(16)9(6-18-20)10(19-17)7-3-2-4-8(5-7)12(13,14)15/h2-6,10,19H,16-17H2,1H3. The van der Waals surface area contributed by atoms with E-state index in [2.05, 4.69) is 10.5 Å². The van der Waals surface area contributed by atoms with Crippen LogP contribution in [0.1, 0.15) is 22.7 Å². The van der Waals surface area contributed by atoms with Crippen molar-refractivity contribution in [2.75, 3.05) is 5.73 Å². The van der Waals surface area contributed by atoms with Crippen LogP contribution in [0.25, 0.3) is 0 Å². The molecule has 1 aromatic carbocycles. The number of hydrogen-bond acceptors (Lipinski definition) is 4. The molecule has 0 saturated heterocycles. The topological polar surface area (TPSA) is 81.9 Å². The Morgan fingerprint density at radius 1 is 1.35 bits per heavy atom. The van der Waals surface area contributed by atoms with E-state index < -0.39 is 17.8 Å². The predicted octanol–water partition coefficient (Wildman–Crippen LogP) is 1.57. The average Bonchev–Trinajstić information content (AvgIpc) is 2.72. The van der Waals surface area contributed by atoms with Crippen molar-refractivity contribution >= 4 is 5.82 Å². The second kappa shape index (κ2) is 5.14. The Balaban J connectivity index is 2.45. The highest BCUT2D eigenvalue weighted by molar-refractivity contribution is 5.46. The quantitative estimate of drug-likeness (QED) is 0.590. The van der Waals surface area contributed by atoms with Gasteiger partial charge in [0.25, 0.3) is 0 Å². The van der Waals surface area contributed by atoms with Crippen molar-refractivity contribution in [1.82, 2.24) is 15.2 Å². The van der Waals surface area contributed by atoms with Gasteiger partial charge in [-0.15, -0.1) is 0 Å². The maximum atomic E-state index is 12.7. The SMILES string of the molecule is Cn1ncc(C(NN)c2cccc(C(F)(F)F)c2)c1N. The molecule has 5 nitrogen and oxygen atoms in total. The molecular weight excluding hydrogens is 271 g/mol. The summed E-state index contributed by atoms with van der Waals surface area (Å²) in [7, 11) is 1.64. The molecule has 2 rings (SSSR count). The highest BCUT2D eigenvalue weighted by atomic mass is 19.4. The fourth-order valence-electron chi connectivity index (χ4n) is 1.95. The van der Waals surface area contributed by atoms with E-state index in [9.17, 15) is 13.2 Å². The van der Waals surface area contributed by atoms with Crippen LogP contribution >= 0.6 is 0 Å². The third-order valence-electron chi connectivity index (χ3n) is 3.04. The van der Waals surface area contributed by atoms with Crippen molar-refractivity contribution in [3.8, 4) is 0 Å². The van der Waals surface area contributed by atoms with Crippen molar-refractivity contribution in [3.63, 3.8) is 0 Å². The molecule has 1 heterocycles. The number of nitrogen functional groups attached to an aromatic ring is 1. The van der Waals surface area contributed by atoms with E-state index in [1.165, 1.54) is 16.9 Å². The predicted molar refractivity (Wildman–Crippen MR) is 68.2 cm³/mol. The van der Waals surface area contributed by atoms with Crippen molar-refractivity contribution in [1.29, 1.82) is 0 Å². The number of nitrogens with one attached hydrogen (secondary N) is 1. The highest BCUT2D eigenvalue weighted by Gasteiger charge is 2.31. The van der Waals surface area contributed by atoms with Gasteiger partial charge in [-0.1, -0.05) is 12.1 Å². The van der Waals surface area contributed by atoms with Gasteiger partial charge in [-0.25, -0.2) is 5.43 Å². The molecule has 0 amide bonds. The molecular formula is C12H14F3N5. The fourth-order valence-corrected chi connectivity index (χ4v) is 1.95. The summed E-state index contributed by atoms with van der Waals surface area (Å²) in [6.07, 6.45) is -2.93. The molecule has 0 bridgehead atoms. The number of hydrogen-bond donors (Lipinski definition) is 3. The Bertz CT molecular complexity index is 605. The van der Waals surface area contributed by atoms with Gasteiger partial charge in [0.05, 0.1) is 17.8 Å². The summed E-state index contributed by atoms with van der Waals surface area (Å²) in [6.45, 7) is 0. The molecule has 0 aliphatic heterocycles. The van der Waals surface area contributed by atoms with Crippen LogP contribution in [0.2, 0.25) is 0 Å². The van der Waals surface area contributed by atoms with Crippen LogP contribution in [0.15, 0.2) is 30.5 Å². The molecule has 108 valence electrons. The Morgan fingerprint density at radius 2 is 2.05 bits per heavy atom. The fraction of sp³-hybridized carbons (Fsp3) is 0.250. The molecule has 0 saturated carbocycles. The summed E-state index contributed by atoms with van der Waals surface area (Å²) >= 11 is 0. The van der Waals surface area contributed by atoms with Crippen LogP contribution in [0.5, 0.6) is 0 Å². The van der Waals surface area contributed by atoms with E-state index >= 15 is 0 Å². The Morgan fingerprint density at radius 3 is 2.55 bits per heavy atom. The summed E-state index contributed by atoms with van der Waals surface area (Å²) in [5, 5.41) is 3.96. The van der Waals surface area contributed by atoms with Gasteiger partial charge in [-0.2, -0.15) is 18.3 Å². The maximum Gasteiger partial charge on any atom is 0.416 e. The zero-order chi connectivity index (χ0) is 14.9. The lowest BCUT2D eigenvalue weighted by Crippen LogP contribution is -2.29. The van der Waals surface area contributed by atoms with E-state index in [4.69, 9.17) is 11.6 Å². The van der Waals surface area contributed by atoms with E-state index in [0.717, 1.165) is 12.1 Å². The monoisotopic (exact) mass is 285 g/mol. The van der Waals surface area contributed by atoms with Gasteiger partial charge in [0, 0.05) is 12.6 Å². The summed E-state index contributed by atoms with van der Waals surface area (Å²) in [4.78, 5) is 0. The summed E-state index contributed by atoms with van der Waals surface area (Å²) in [5.74, 6) is 5.79. The van der Waals surface area contributed by atoms with Crippen LogP contribution in [-0.4, -0.2) is 9.78 Å². The van der Waals surface area contributed by atoms with Crippen molar-refractivity contribution in [2.45, 2.75) is 12.2 Å². The minimum Gasteiger partial charge on any atom is -0.384 e. The maximum absolute atomic E-state index is 12.7. The number of alkyl halides is 3. The molecule has 2 aromatic rings. The second-order valence-electron chi connectivity index (χ2n) is 4.33. The van der Waals surface area contributed by atoms with Crippen LogP contribution in [-0.2, 0) is 13.2 Å². The van der Waals surface area contributed by atoms with Gasteiger partial charge in [-0.05, 0) is 17.7 Å². The smallest absolute Gasteiger partial charge is 0.384 e. The first kappa shape index (κ1) is 14.4. The second-order valence-corrected chi connectivity index (χ2v) is 4.33. The lowest BCUT2D eigenvalue weighted by molar-refractivity contribution is -0.137. The highest BCUT2D eigenvalue weighted by Crippen LogP contribution is 2.32. The zero-order valence-corrected chi connectivity index (χ0v) is 10.6. The molecule has 1 unspecified atom stereocenters. The number of nitrogens with zero attached hydrogens (tertiary/aromatic N) is 2. The first-order valence-electron chi connectivity index (χ1n) is 5.75. The van der Waals surface area contributed by atoms with Gasteiger partial charge in [0.2, 0.25) is 0 Å². The largest absolute Gasteiger partial charge is 0.416 e. The van der Waals surface area contributed by atoms with Gasteiger partial charge in [-0.3, -0.25) is 10.5 Å². The Kier molecular flexibility index (Phi) is 3.69. The number of anilines is 1. The number of aryl methyl sites for hydroxylation is 1. The minimum atomic E-state index is -4.41. The van der Waals surface area contributed by atoms with Gasteiger partial charge in [0.1, 0.15) is 5.82 Å². The van der Waals surface area contributed by atoms with E-state index in [1.54, 1.807) is 13.1 Å². The van der Waals surface area contributed by atoms with Crippen LogP contribution in [0, 0.1) is 0 Å². The van der Waals surface area contributed by atoms with Crippen LogP contribution < -0.4 is 17.0 Å². The number of aromatic nitrogens is 2. The summed E-state index contributed by atoms with van der Waals surface area (Å²) in [5.41, 5.74) is 8.44. The van der Waals surface area contributed by atoms with Gasteiger partial charge < -0.3 is 5.73 Å². The minimum absolute atomic E-state index is 0.338. The number of nitrogens with two attached hydrogens (primary N) is 2. The summed E-state index contributed by atoms with van der Waals surface area (Å²) < 4.78 is 39.6. The first-order valence-corrected chi connectivity index (χ1v) is 5.75. The molecule has 0 fully saturated rings. The Hall–Kier alpha value is -2.06. The van der Waals surface area contributed by atoms with Gasteiger partial charge >= 0.3 is 6.18 Å². The molecule has 1 atom stereocenters. The Labute approximate surface area is 113 Å². The molecule has 20 heavy (non-hydrogen) atoms. The van der Waals surface area contributed by atoms with Crippen molar-refractivity contribution < 1.29 is 13.2 Å². The van der Waals surface area contributed by atoms with Crippen molar-refractivity contribution in [3.05, 3.63) is 47.2 Å². The normalized spacial score (nSPS) is 13.4. The lowest BCUT2D eigenvalue weighted by atomic mass is 9.99. The zero-order valence-electron chi connectivity index (χ0n) is 10.6. The molecule has 8 heteroatoms. The van der Waals surface area contributed by atoms with Gasteiger partial charge in [0.15, 0.2) is 0 Å². The molecule has 1 aromatic heterocycles. The summed E-state index contributed by atoms with van der Waals surface area (Å²) in [6, 6.07) is 4.26. The molecule has 0 radical (unpaired) electrons. The lowest BCUT2D eigenvalue weighted by Gasteiger charge is -2.17. The average molecular weight is 285 g/mol. The van der Waals surface area contributed by atoms with Crippen LogP contribution in [0.4, 0.5) is 19.0 Å². The third-order valence-corrected chi connectivity index (χ3v) is 3.04. The van der Waals surface area contributed by atoms with Crippen molar-refractivity contribution in [2.24, 2.45) is 12.9 Å². The number of rotatable bonds is 3. The number of hydrazine groups is 1. The van der Waals surface area contributed by atoms with E-state index in [-0.39, 0.29) is 0 Å². The first-order chi connectivity index (χ1) is 9.34. The van der Waals surface area contributed by atoms with E-state index in [0.29, 0.717) is 16.9 Å². The van der Waals surface area contributed by atoms with E-state index in [1.807, 2.05) is 0 Å². The third kappa shape index (κ3) is 2.61. The number of halogens is 3. The van der Waals surface area contributed by atoms with Crippen LogP contribution in [0.3, 0.4) is 0 Å². The number of benzene rings is 1. The molecule has 0 spiro atoms.